The van der Waals surface area contributed by atoms with E-state index in [0.29, 0.717) is 19.3 Å². The standard InChI is InChI=1S/C49H81O14P/c1-3-5-7-8-9-10-11-12-13-14-15-16-20-23-26-29-32-36-42(51)60-38-41(39-61-64(58,59)63-49-47(56)45(54)44(53)46(55)48(49)57)62-43(52)37-33-30-27-24-21-18-17-19-22-25-28-31-35-40(50)34-6-4-2/h9-10,12-13,15-18,22,24-25,27,31,35,40-41,44-50,53-57H,3-8,11,14,19-21,23,26,28-30,32-34,36-39H2,1-2H3,(H,58,59)/b10-9-,13-12-,16-15-,18-17-,25-22-,27-24-,35-31-/t40-,41-,44?,45-,46+,47-,48-,49?/m1/s1. The Morgan fingerprint density at radius 3 is 1.55 bits per heavy atom. The van der Waals surface area contributed by atoms with Gasteiger partial charge in [0.05, 0.1) is 12.7 Å². The lowest BCUT2D eigenvalue weighted by molar-refractivity contribution is -0.220. The minimum atomic E-state index is -5.15. The smallest absolute Gasteiger partial charge is 0.462 e. The first-order valence-corrected chi connectivity index (χ1v) is 25.0. The van der Waals surface area contributed by atoms with Crippen LogP contribution in [0.1, 0.15) is 149 Å². The quantitative estimate of drug-likeness (QED) is 0.0135. The molecule has 0 heterocycles. The van der Waals surface area contributed by atoms with Gasteiger partial charge in [0.2, 0.25) is 0 Å². The summed E-state index contributed by atoms with van der Waals surface area (Å²) in [6.07, 6.45) is 32.5. The molecule has 0 aliphatic heterocycles. The van der Waals surface area contributed by atoms with Gasteiger partial charge in [0, 0.05) is 12.8 Å². The first-order chi connectivity index (χ1) is 30.8. The van der Waals surface area contributed by atoms with Crippen LogP contribution in [0.4, 0.5) is 0 Å². The molecule has 0 aromatic carbocycles. The third-order valence-corrected chi connectivity index (χ3v) is 11.3. The van der Waals surface area contributed by atoms with Crippen LogP contribution in [0.5, 0.6) is 0 Å². The van der Waals surface area contributed by atoms with Crippen molar-refractivity contribution < 1.29 is 68.2 Å². The minimum Gasteiger partial charge on any atom is -0.462 e. The molecular weight excluding hydrogens is 843 g/mol. The molecule has 0 aromatic rings. The Labute approximate surface area is 382 Å². The van der Waals surface area contributed by atoms with Gasteiger partial charge in [-0.05, 0) is 83.5 Å². The maximum absolute atomic E-state index is 12.8. The highest BCUT2D eigenvalue weighted by Gasteiger charge is 2.51. The van der Waals surface area contributed by atoms with E-state index >= 15 is 0 Å². The topological polar surface area (TPSA) is 230 Å². The monoisotopic (exact) mass is 925 g/mol. The van der Waals surface area contributed by atoms with Crippen LogP contribution in [0.25, 0.3) is 0 Å². The Morgan fingerprint density at radius 2 is 1.00 bits per heavy atom. The minimum absolute atomic E-state index is 0.00587. The SMILES string of the molecule is CCCCC/C=C\C/C=C\C/C=C\CCCCCCC(=O)OC[C@H](COP(=O)(O)OC1[C@H](O)[C@H](O)C(O)[C@H](O)[C@H]1O)OC(=O)CCC/C=C\C/C=C\C/C=C\C/C=C\[C@H](O)CCCC. The fourth-order valence-corrected chi connectivity index (χ4v) is 7.39. The number of esters is 2. The fourth-order valence-electron chi connectivity index (χ4n) is 6.42. The summed E-state index contributed by atoms with van der Waals surface area (Å²) < 4.78 is 33.4. The molecule has 0 bridgehead atoms. The number of carbonyl (C=O) groups is 2. The molecule has 14 nitrogen and oxygen atoms in total. The molecule has 1 saturated carbocycles. The average molecular weight is 925 g/mol. The molecule has 0 aromatic heterocycles. The van der Waals surface area contributed by atoms with Gasteiger partial charge in [0.25, 0.3) is 0 Å². The Balaban J connectivity index is 2.54. The number of unbranched alkanes of at least 4 members (excludes halogenated alkanes) is 9. The van der Waals surface area contributed by atoms with E-state index in [1.54, 1.807) is 0 Å². The van der Waals surface area contributed by atoms with Crippen LogP contribution >= 0.6 is 7.82 Å². The van der Waals surface area contributed by atoms with Crippen LogP contribution < -0.4 is 0 Å². The van der Waals surface area contributed by atoms with E-state index < -0.39 is 75.7 Å². The summed E-state index contributed by atoms with van der Waals surface area (Å²) in [4.78, 5) is 35.7. The van der Waals surface area contributed by atoms with Crippen LogP contribution in [0.2, 0.25) is 0 Å². The van der Waals surface area contributed by atoms with E-state index in [9.17, 15) is 49.7 Å². The van der Waals surface area contributed by atoms with Crippen LogP contribution in [-0.2, 0) is 32.7 Å². The Kier molecular flexibility index (Phi) is 35.2. The van der Waals surface area contributed by atoms with Crippen molar-refractivity contribution in [2.45, 2.75) is 198 Å². The lowest BCUT2D eigenvalue weighted by atomic mass is 9.85. The summed E-state index contributed by atoms with van der Waals surface area (Å²) in [5.74, 6) is -1.22. The van der Waals surface area contributed by atoms with Crippen LogP contribution in [0.3, 0.4) is 0 Å². The average Bonchev–Trinajstić information content (AvgIpc) is 3.27. The predicted octanol–water partition coefficient (Wildman–Crippen LogP) is 8.25. The molecule has 366 valence electrons. The molecule has 1 aliphatic rings. The summed E-state index contributed by atoms with van der Waals surface area (Å²) >= 11 is 0. The molecular formula is C49H81O14P. The number of hydrogen-bond acceptors (Lipinski definition) is 13. The lowest BCUT2D eigenvalue weighted by Crippen LogP contribution is -2.64. The van der Waals surface area contributed by atoms with Gasteiger partial charge >= 0.3 is 19.8 Å². The lowest BCUT2D eigenvalue weighted by Gasteiger charge is -2.41. The molecule has 15 heteroatoms. The number of ether oxygens (including phenoxy) is 2. The van der Waals surface area contributed by atoms with E-state index in [-0.39, 0.29) is 18.9 Å². The van der Waals surface area contributed by atoms with E-state index in [2.05, 4.69) is 68.5 Å². The van der Waals surface area contributed by atoms with Gasteiger partial charge in [-0.15, -0.1) is 0 Å². The molecule has 1 rings (SSSR count). The number of carbonyl (C=O) groups excluding carboxylic acids is 2. The number of allylic oxidation sites excluding steroid dienone is 13. The van der Waals surface area contributed by atoms with E-state index in [0.717, 1.165) is 83.5 Å². The van der Waals surface area contributed by atoms with Crippen LogP contribution in [0, 0.1) is 0 Å². The highest BCUT2D eigenvalue weighted by atomic mass is 31.2. The van der Waals surface area contributed by atoms with Gasteiger partial charge in [-0.25, -0.2) is 4.57 Å². The molecule has 9 atom stereocenters. The third-order valence-electron chi connectivity index (χ3n) is 10.3. The zero-order valence-electron chi connectivity index (χ0n) is 38.4. The first kappa shape index (κ1) is 59.0. The first-order valence-electron chi connectivity index (χ1n) is 23.5. The van der Waals surface area contributed by atoms with Crippen molar-refractivity contribution in [2.75, 3.05) is 13.2 Å². The largest absolute Gasteiger partial charge is 0.472 e. The summed E-state index contributed by atoms with van der Waals surface area (Å²) in [5.41, 5.74) is 0. The summed E-state index contributed by atoms with van der Waals surface area (Å²) in [6, 6.07) is 0. The highest BCUT2D eigenvalue weighted by molar-refractivity contribution is 7.47. The van der Waals surface area contributed by atoms with E-state index in [1.165, 1.54) is 19.3 Å². The second kappa shape index (κ2) is 38.1. The molecule has 1 fully saturated rings. The number of phosphoric acid groups is 1. The molecule has 3 unspecified atom stereocenters. The molecule has 64 heavy (non-hydrogen) atoms. The molecule has 0 saturated heterocycles. The van der Waals surface area contributed by atoms with Crippen molar-refractivity contribution in [3.63, 3.8) is 0 Å². The maximum Gasteiger partial charge on any atom is 0.472 e. The van der Waals surface area contributed by atoms with Crippen molar-refractivity contribution in [3.05, 3.63) is 85.1 Å². The predicted molar refractivity (Wildman–Crippen MR) is 250 cm³/mol. The number of aliphatic hydroxyl groups excluding tert-OH is 6. The number of hydrogen-bond donors (Lipinski definition) is 7. The van der Waals surface area contributed by atoms with Crippen LogP contribution in [0.15, 0.2) is 85.1 Å². The Bertz CT molecular complexity index is 1460. The third kappa shape index (κ3) is 30.2. The molecule has 1 aliphatic carbocycles. The van der Waals surface area contributed by atoms with Crippen molar-refractivity contribution in [1.82, 2.24) is 0 Å². The summed E-state index contributed by atoms with van der Waals surface area (Å²) in [7, 11) is -5.15. The van der Waals surface area contributed by atoms with Crippen molar-refractivity contribution in [1.29, 1.82) is 0 Å². The van der Waals surface area contributed by atoms with E-state index in [4.69, 9.17) is 18.5 Å². The highest BCUT2D eigenvalue weighted by Crippen LogP contribution is 2.47. The normalized spacial score (nSPS) is 22.8. The van der Waals surface area contributed by atoms with Crippen LogP contribution in [-0.4, -0.2) is 110 Å². The van der Waals surface area contributed by atoms with Gasteiger partial charge < -0.3 is 45.0 Å². The molecule has 7 N–H and O–H groups in total. The molecule has 0 spiro atoms. The second-order valence-electron chi connectivity index (χ2n) is 16.1. The summed E-state index contributed by atoms with van der Waals surface area (Å²) in [6.45, 7) is 3.04. The molecule has 0 amide bonds. The fraction of sp³-hybridized carbons (Fsp3) is 0.673. The Hall–Kier alpha value is -3.01. The number of phosphoric ester groups is 1. The zero-order valence-corrected chi connectivity index (χ0v) is 39.3. The van der Waals surface area contributed by atoms with Gasteiger partial charge in [-0.1, -0.05) is 137 Å². The molecule has 0 radical (unpaired) electrons. The van der Waals surface area contributed by atoms with Gasteiger partial charge in [-0.3, -0.25) is 18.6 Å². The number of aliphatic hydroxyl groups is 6. The van der Waals surface area contributed by atoms with Gasteiger partial charge in [0.15, 0.2) is 6.10 Å². The van der Waals surface area contributed by atoms with Gasteiger partial charge in [0.1, 0.15) is 43.2 Å². The van der Waals surface area contributed by atoms with E-state index in [1.807, 2.05) is 30.4 Å². The second-order valence-corrected chi connectivity index (χ2v) is 17.5. The van der Waals surface area contributed by atoms with Gasteiger partial charge in [-0.2, -0.15) is 0 Å². The Morgan fingerprint density at radius 1 is 0.547 bits per heavy atom. The van der Waals surface area contributed by atoms with Crippen molar-refractivity contribution in [2.24, 2.45) is 0 Å². The number of rotatable bonds is 37. The van der Waals surface area contributed by atoms with Crippen molar-refractivity contribution in [3.8, 4) is 0 Å². The van der Waals surface area contributed by atoms with Crippen molar-refractivity contribution >= 4 is 19.8 Å². The zero-order chi connectivity index (χ0) is 47.3. The maximum atomic E-state index is 12.8. The summed E-state index contributed by atoms with van der Waals surface area (Å²) in [5, 5.41) is 60.0.